The number of rotatable bonds is 3. The Morgan fingerprint density at radius 2 is 2.00 bits per heavy atom. The molecule has 2 heteroatoms. The fraction of sp³-hybridized carbons (Fsp3) is 1.00. The maximum Gasteiger partial charge on any atom is 0.186 e. The molecule has 0 spiro atoms. The highest BCUT2D eigenvalue weighted by Crippen LogP contribution is 2.29. The van der Waals surface area contributed by atoms with Crippen LogP contribution in [0.2, 0.25) is 19.1 Å². The Morgan fingerprint density at radius 3 is 2.42 bits per heavy atom. The molecule has 1 saturated carbocycles. The van der Waals surface area contributed by atoms with Crippen LogP contribution in [0.5, 0.6) is 0 Å². The molecule has 2 atom stereocenters. The van der Waals surface area contributed by atoms with E-state index in [-0.39, 0.29) is 0 Å². The molecule has 0 aromatic rings. The molecular weight excluding hydrogens is 164 g/mol. The fourth-order valence-corrected chi connectivity index (χ4v) is 3.08. The summed E-state index contributed by atoms with van der Waals surface area (Å²) in [5.74, 6) is 0.900. The molecule has 0 bridgehead atoms. The maximum absolute atomic E-state index is 6.16. The summed E-state index contributed by atoms with van der Waals surface area (Å²) in [7, 11) is -1.27. The van der Waals surface area contributed by atoms with Gasteiger partial charge in [0.25, 0.3) is 0 Å². The lowest BCUT2D eigenvalue weighted by Crippen LogP contribution is -2.33. The van der Waals surface area contributed by atoms with Crippen molar-refractivity contribution in [3.05, 3.63) is 0 Å². The standard InChI is InChI=1S/C10H22OSi/c1-5-12(3,4)11-10-7-6-9(2)8-10/h9-10H,5-8H2,1-4H3. The maximum atomic E-state index is 6.16. The van der Waals surface area contributed by atoms with Crippen molar-refractivity contribution < 1.29 is 4.43 Å². The van der Waals surface area contributed by atoms with Crippen molar-refractivity contribution in [3.63, 3.8) is 0 Å². The predicted octanol–water partition coefficient (Wildman–Crippen LogP) is 3.42. The summed E-state index contributed by atoms with van der Waals surface area (Å²) in [5.41, 5.74) is 0. The Kier molecular flexibility index (Phi) is 3.35. The van der Waals surface area contributed by atoms with E-state index >= 15 is 0 Å². The molecule has 0 amide bonds. The summed E-state index contributed by atoms with van der Waals surface area (Å²) in [4.78, 5) is 0. The van der Waals surface area contributed by atoms with Gasteiger partial charge < -0.3 is 4.43 Å². The molecule has 0 aromatic heterocycles. The van der Waals surface area contributed by atoms with Crippen LogP contribution in [0.15, 0.2) is 0 Å². The quantitative estimate of drug-likeness (QED) is 0.614. The van der Waals surface area contributed by atoms with Crippen LogP contribution in [0.25, 0.3) is 0 Å². The van der Waals surface area contributed by atoms with Gasteiger partial charge in [-0.2, -0.15) is 0 Å². The smallest absolute Gasteiger partial charge is 0.186 e. The molecule has 1 aliphatic rings. The lowest BCUT2D eigenvalue weighted by molar-refractivity contribution is 0.195. The first-order valence-electron chi connectivity index (χ1n) is 5.21. The molecule has 0 saturated heterocycles. The summed E-state index contributed by atoms with van der Waals surface area (Å²) in [6.45, 7) is 9.25. The van der Waals surface area contributed by atoms with Crippen LogP contribution in [-0.4, -0.2) is 14.4 Å². The van der Waals surface area contributed by atoms with Gasteiger partial charge in [0.05, 0.1) is 0 Å². The van der Waals surface area contributed by atoms with Crippen molar-refractivity contribution in [2.75, 3.05) is 0 Å². The van der Waals surface area contributed by atoms with Gasteiger partial charge in [0.1, 0.15) is 0 Å². The van der Waals surface area contributed by atoms with Gasteiger partial charge in [-0.05, 0) is 44.3 Å². The fourth-order valence-electron chi connectivity index (χ4n) is 1.80. The van der Waals surface area contributed by atoms with Gasteiger partial charge in [-0.1, -0.05) is 13.8 Å². The topological polar surface area (TPSA) is 9.23 Å². The van der Waals surface area contributed by atoms with Crippen molar-refractivity contribution in [2.24, 2.45) is 5.92 Å². The summed E-state index contributed by atoms with van der Waals surface area (Å²) in [6, 6.07) is 1.25. The Morgan fingerprint density at radius 1 is 1.33 bits per heavy atom. The normalized spacial score (nSPS) is 31.0. The van der Waals surface area contributed by atoms with Crippen LogP contribution in [0.4, 0.5) is 0 Å². The van der Waals surface area contributed by atoms with Gasteiger partial charge >= 0.3 is 0 Å². The molecule has 1 nitrogen and oxygen atoms in total. The van der Waals surface area contributed by atoms with Crippen LogP contribution in [0.1, 0.15) is 33.1 Å². The molecule has 72 valence electrons. The van der Waals surface area contributed by atoms with E-state index in [1.807, 2.05) is 0 Å². The monoisotopic (exact) mass is 186 g/mol. The lowest BCUT2D eigenvalue weighted by Gasteiger charge is -2.25. The Hall–Kier alpha value is 0.177. The van der Waals surface area contributed by atoms with Gasteiger partial charge in [0, 0.05) is 6.10 Å². The highest BCUT2D eigenvalue weighted by Gasteiger charge is 2.28. The zero-order chi connectivity index (χ0) is 9.19. The van der Waals surface area contributed by atoms with E-state index in [9.17, 15) is 0 Å². The van der Waals surface area contributed by atoms with Crippen molar-refractivity contribution in [3.8, 4) is 0 Å². The minimum atomic E-state index is -1.27. The number of hydrogen-bond donors (Lipinski definition) is 0. The molecule has 0 aliphatic heterocycles. The molecular formula is C10H22OSi. The SMILES string of the molecule is CC[Si](C)(C)OC1CCC(C)C1. The van der Waals surface area contributed by atoms with Gasteiger partial charge in [-0.15, -0.1) is 0 Å². The van der Waals surface area contributed by atoms with Crippen LogP contribution in [0.3, 0.4) is 0 Å². The highest BCUT2D eigenvalue weighted by molar-refractivity contribution is 6.71. The van der Waals surface area contributed by atoms with Gasteiger partial charge in [0.15, 0.2) is 8.32 Å². The molecule has 0 N–H and O–H groups in total. The van der Waals surface area contributed by atoms with E-state index < -0.39 is 8.32 Å². The molecule has 0 heterocycles. The van der Waals surface area contributed by atoms with Crippen LogP contribution >= 0.6 is 0 Å². The zero-order valence-electron chi connectivity index (χ0n) is 8.89. The highest BCUT2D eigenvalue weighted by atomic mass is 28.4. The van der Waals surface area contributed by atoms with E-state index in [2.05, 4.69) is 26.9 Å². The first-order valence-corrected chi connectivity index (χ1v) is 8.33. The molecule has 1 fully saturated rings. The summed E-state index contributed by atoms with van der Waals surface area (Å²) >= 11 is 0. The van der Waals surface area contributed by atoms with Crippen molar-refractivity contribution in [1.82, 2.24) is 0 Å². The third-order valence-electron chi connectivity index (χ3n) is 2.98. The lowest BCUT2D eigenvalue weighted by atomic mass is 10.1. The van der Waals surface area contributed by atoms with Crippen molar-refractivity contribution >= 4 is 8.32 Å². The van der Waals surface area contributed by atoms with E-state index in [1.165, 1.54) is 25.3 Å². The first-order chi connectivity index (χ1) is 5.53. The molecule has 12 heavy (non-hydrogen) atoms. The van der Waals surface area contributed by atoms with Gasteiger partial charge in [-0.3, -0.25) is 0 Å². The average molecular weight is 186 g/mol. The molecule has 1 aliphatic carbocycles. The summed E-state index contributed by atoms with van der Waals surface area (Å²) in [5, 5.41) is 0. The second-order valence-corrected chi connectivity index (χ2v) is 9.23. The summed E-state index contributed by atoms with van der Waals surface area (Å²) < 4.78 is 6.16. The van der Waals surface area contributed by atoms with E-state index in [0.717, 1.165) is 5.92 Å². The predicted molar refractivity (Wildman–Crippen MR) is 55.9 cm³/mol. The second kappa shape index (κ2) is 3.92. The summed E-state index contributed by atoms with van der Waals surface area (Å²) in [6.07, 6.45) is 4.58. The minimum absolute atomic E-state index is 0.599. The van der Waals surface area contributed by atoms with Crippen molar-refractivity contribution in [1.29, 1.82) is 0 Å². The Balaban J connectivity index is 2.32. The Labute approximate surface area is 77.6 Å². The minimum Gasteiger partial charge on any atom is -0.414 e. The first kappa shape index (κ1) is 10.3. The van der Waals surface area contributed by atoms with Gasteiger partial charge in [-0.25, -0.2) is 0 Å². The third kappa shape index (κ3) is 2.90. The van der Waals surface area contributed by atoms with Gasteiger partial charge in [0.2, 0.25) is 0 Å². The molecule has 1 rings (SSSR count). The largest absolute Gasteiger partial charge is 0.414 e. The Bertz CT molecular complexity index is 145. The van der Waals surface area contributed by atoms with E-state index in [4.69, 9.17) is 4.43 Å². The van der Waals surface area contributed by atoms with E-state index in [1.54, 1.807) is 0 Å². The molecule has 0 aromatic carbocycles. The van der Waals surface area contributed by atoms with Crippen LogP contribution in [0, 0.1) is 5.92 Å². The molecule has 2 unspecified atom stereocenters. The van der Waals surface area contributed by atoms with Crippen molar-refractivity contribution in [2.45, 2.75) is 58.4 Å². The third-order valence-corrected chi connectivity index (χ3v) is 5.66. The van der Waals surface area contributed by atoms with Crippen LogP contribution in [-0.2, 0) is 4.43 Å². The second-order valence-electron chi connectivity index (χ2n) is 4.77. The van der Waals surface area contributed by atoms with E-state index in [0.29, 0.717) is 6.10 Å². The number of hydrogen-bond acceptors (Lipinski definition) is 1. The average Bonchev–Trinajstić information content (AvgIpc) is 2.35. The van der Waals surface area contributed by atoms with Crippen LogP contribution < -0.4 is 0 Å². The zero-order valence-corrected chi connectivity index (χ0v) is 9.89. The molecule has 0 radical (unpaired) electrons.